The van der Waals surface area contributed by atoms with Crippen molar-refractivity contribution < 1.29 is 0 Å². The largest absolute Gasteiger partial charge is 0.314 e. The van der Waals surface area contributed by atoms with Crippen LogP contribution in [-0.4, -0.2) is 37.1 Å². The number of likely N-dealkylation sites (N-methyl/N-ethyl adjacent to an activating group) is 1. The fraction of sp³-hybridized carbons (Fsp3) is 0.833. The summed E-state index contributed by atoms with van der Waals surface area (Å²) in [6, 6.07) is 0.624. The molecule has 1 unspecified atom stereocenters. The van der Waals surface area contributed by atoms with Gasteiger partial charge in [-0.25, -0.2) is 0 Å². The van der Waals surface area contributed by atoms with Crippen LogP contribution in [0.15, 0.2) is 12.2 Å². The second-order valence-corrected chi connectivity index (χ2v) is 4.07. The van der Waals surface area contributed by atoms with Crippen LogP contribution in [-0.2, 0) is 0 Å². The molecule has 0 amide bonds. The van der Waals surface area contributed by atoms with Gasteiger partial charge in [-0.3, -0.25) is 4.90 Å². The Balaban J connectivity index is 3.66. The van der Waals surface area contributed by atoms with Gasteiger partial charge in [0.2, 0.25) is 0 Å². The van der Waals surface area contributed by atoms with E-state index in [1.54, 1.807) is 0 Å². The van der Waals surface area contributed by atoms with Gasteiger partial charge in [0.15, 0.2) is 0 Å². The molecule has 0 spiro atoms. The maximum Gasteiger partial charge on any atom is 0.0187 e. The lowest BCUT2D eigenvalue weighted by molar-refractivity contribution is 0.292. The summed E-state index contributed by atoms with van der Waals surface area (Å²) in [5, 5.41) is 3.43. The van der Waals surface area contributed by atoms with Crippen molar-refractivity contribution in [1.82, 2.24) is 10.2 Å². The van der Waals surface area contributed by atoms with E-state index in [0.717, 1.165) is 26.2 Å². The van der Waals surface area contributed by atoms with E-state index >= 15 is 0 Å². The lowest BCUT2D eigenvalue weighted by Gasteiger charge is -2.22. The zero-order chi connectivity index (χ0) is 11.0. The van der Waals surface area contributed by atoms with E-state index in [4.69, 9.17) is 0 Å². The monoisotopic (exact) mass is 198 g/mol. The Morgan fingerprint density at radius 3 is 2.50 bits per heavy atom. The van der Waals surface area contributed by atoms with Gasteiger partial charge in [-0.2, -0.15) is 0 Å². The number of nitrogens with zero attached hydrogens (tertiary/aromatic N) is 1. The van der Waals surface area contributed by atoms with Crippen molar-refractivity contribution in [3.8, 4) is 0 Å². The first-order valence-electron chi connectivity index (χ1n) is 5.70. The van der Waals surface area contributed by atoms with Crippen LogP contribution < -0.4 is 5.32 Å². The SMILES string of the molecule is C=C(C)CN(CC)CCC(C)NCC. The normalized spacial score (nSPS) is 13.2. The molecular formula is C12H26N2. The van der Waals surface area contributed by atoms with Gasteiger partial charge in [-0.05, 0) is 39.9 Å². The van der Waals surface area contributed by atoms with Crippen LogP contribution in [0.4, 0.5) is 0 Å². The van der Waals surface area contributed by atoms with Gasteiger partial charge < -0.3 is 5.32 Å². The second kappa shape index (κ2) is 8.01. The number of nitrogens with one attached hydrogen (secondary N) is 1. The third-order valence-electron chi connectivity index (χ3n) is 2.37. The van der Waals surface area contributed by atoms with Gasteiger partial charge in [0.1, 0.15) is 0 Å². The van der Waals surface area contributed by atoms with Crippen LogP contribution >= 0.6 is 0 Å². The fourth-order valence-corrected chi connectivity index (χ4v) is 1.56. The highest BCUT2D eigenvalue weighted by atomic mass is 15.1. The van der Waals surface area contributed by atoms with E-state index in [1.807, 2.05) is 0 Å². The molecule has 0 aliphatic rings. The van der Waals surface area contributed by atoms with E-state index in [-0.39, 0.29) is 0 Å². The first kappa shape index (κ1) is 13.7. The van der Waals surface area contributed by atoms with Crippen molar-refractivity contribution in [2.24, 2.45) is 0 Å². The van der Waals surface area contributed by atoms with E-state index in [1.165, 1.54) is 12.0 Å². The zero-order valence-electron chi connectivity index (χ0n) is 10.3. The Kier molecular flexibility index (Phi) is 7.81. The summed E-state index contributed by atoms with van der Waals surface area (Å²) < 4.78 is 0. The maximum absolute atomic E-state index is 3.95. The molecular weight excluding hydrogens is 172 g/mol. The highest BCUT2D eigenvalue weighted by Crippen LogP contribution is 1.99. The molecule has 2 heteroatoms. The van der Waals surface area contributed by atoms with Crippen molar-refractivity contribution in [2.45, 2.75) is 40.2 Å². The standard InChI is InChI=1S/C12H26N2/c1-6-13-12(5)8-9-14(7-2)10-11(3)4/h12-13H,3,6-10H2,1-2,4-5H3. The van der Waals surface area contributed by atoms with Crippen molar-refractivity contribution in [1.29, 1.82) is 0 Å². The minimum atomic E-state index is 0.624. The lowest BCUT2D eigenvalue weighted by atomic mass is 10.2. The summed E-state index contributed by atoms with van der Waals surface area (Å²) in [6.45, 7) is 17.0. The quantitative estimate of drug-likeness (QED) is 0.602. The molecule has 0 aliphatic heterocycles. The van der Waals surface area contributed by atoms with Crippen LogP contribution in [0.3, 0.4) is 0 Å². The predicted octanol–water partition coefficient (Wildman–Crippen LogP) is 2.27. The molecule has 1 N–H and O–H groups in total. The first-order valence-corrected chi connectivity index (χ1v) is 5.70. The summed E-state index contributed by atoms with van der Waals surface area (Å²) in [5.41, 5.74) is 1.25. The average molecular weight is 198 g/mol. The highest BCUT2D eigenvalue weighted by molar-refractivity contribution is 4.91. The number of hydrogen-bond donors (Lipinski definition) is 1. The Bertz CT molecular complexity index is 154. The topological polar surface area (TPSA) is 15.3 Å². The molecule has 2 nitrogen and oxygen atoms in total. The molecule has 0 saturated heterocycles. The van der Waals surface area contributed by atoms with Crippen molar-refractivity contribution >= 4 is 0 Å². The molecule has 0 aromatic heterocycles. The Hall–Kier alpha value is -0.340. The van der Waals surface area contributed by atoms with Crippen LogP contribution in [0.25, 0.3) is 0 Å². The van der Waals surface area contributed by atoms with Gasteiger partial charge in [0, 0.05) is 12.6 Å². The van der Waals surface area contributed by atoms with E-state index in [9.17, 15) is 0 Å². The van der Waals surface area contributed by atoms with Crippen molar-refractivity contribution in [3.63, 3.8) is 0 Å². The Morgan fingerprint density at radius 1 is 1.43 bits per heavy atom. The van der Waals surface area contributed by atoms with Crippen LogP contribution in [0.5, 0.6) is 0 Å². The summed E-state index contributed by atoms with van der Waals surface area (Å²) >= 11 is 0. The minimum Gasteiger partial charge on any atom is -0.314 e. The molecule has 14 heavy (non-hydrogen) atoms. The summed E-state index contributed by atoms with van der Waals surface area (Å²) in [7, 11) is 0. The molecule has 1 atom stereocenters. The average Bonchev–Trinajstić information content (AvgIpc) is 2.12. The number of hydrogen-bond acceptors (Lipinski definition) is 2. The smallest absolute Gasteiger partial charge is 0.0187 e. The third kappa shape index (κ3) is 7.10. The van der Waals surface area contributed by atoms with Gasteiger partial charge in [0.05, 0.1) is 0 Å². The molecule has 0 heterocycles. The molecule has 0 radical (unpaired) electrons. The second-order valence-electron chi connectivity index (χ2n) is 4.07. The van der Waals surface area contributed by atoms with Crippen LogP contribution in [0, 0.1) is 0 Å². The van der Waals surface area contributed by atoms with Gasteiger partial charge in [0.25, 0.3) is 0 Å². The maximum atomic E-state index is 3.95. The van der Waals surface area contributed by atoms with Crippen LogP contribution in [0.1, 0.15) is 34.1 Å². The van der Waals surface area contributed by atoms with E-state index < -0.39 is 0 Å². The highest BCUT2D eigenvalue weighted by Gasteiger charge is 2.05. The molecule has 0 aliphatic carbocycles. The summed E-state index contributed by atoms with van der Waals surface area (Å²) in [6.07, 6.45) is 1.22. The molecule has 0 bridgehead atoms. The van der Waals surface area contributed by atoms with Crippen molar-refractivity contribution in [2.75, 3.05) is 26.2 Å². The molecule has 0 aromatic rings. The minimum absolute atomic E-state index is 0.624. The number of rotatable bonds is 8. The summed E-state index contributed by atoms with van der Waals surface area (Å²) in [4.78, 5) is 2.44. The van der Waals surface area contributed by atoms with E-state index in [2.05, 4.69) is 44.5 Å². The lowest BCUT2D eigenvalue weighted by Crippen LogP contribution is -2.33. The Morgan fingerprint density at radius 2 is 2.07 bits per heavy atom. The Labute approximate surface area is 89.4 Å². The van der Waals surface area contributed by atoms with Gasteiger partial charge in [-0.1, -0.05) is 26.0 Å². The molecule has 0 fully saturated rings. The molecule has 0 aromatic carbocycles. The molecule has 84 valence electrons. The molecule has 0 rings (SSSR count). The third-order valence-corrected chi connectivity index (χ3v) is 2.37. The van der Waals surface area contributed by atoms with Crippen molar-refractivity contribution in [3.05, 3.63) is 12.2 Å². The van der Waals surface area contributed by atoms with Gasteiger partial charge >= 0.3 is 0 Å². The predicted molar refractivity (Wildman–Crippen MR) is 64.7 cm³/mol. The zero-order valence-corrected chi connectivity index (χ0v) is 10.3. The van der Waals surface area contributed by atoms with Crippen LogP contribution in [0.2, 0.25) is 0 Å². The molecule has 0 saturated carbocycles. The fourth-order valence-electron chi connectivity index (χ4n) is 1.56. The first-order chi connectivity index (χ1) is 6.60. The van der Waals surface area contributed by atoms with E-state index in [0.29, 0.717) is 6.04 Å². The summed E-state index contributed by atoms with van der Waals surface area (Å²) in [5.74, 6) is 0. The van der Waals surface area contributed by atoms with Gasteiger partial charge in [-0.15, -0.1) is 0 Å².